The maximum Gasteiger partial charge on any atom is 0.279 e. The Kier molecular flexibility index (Phi) is 4.59. The normalized spacial score (nSPS) is 11.4. The van der Waals surface area contributed by atoms with Crippen LogP contribution in [0.2, 0.25) is 0 Å². The molecule has 0 saturated heterocycles. The summed E-state index contributed by atoms with van der Waals surface area (Å²) in [7, 11) is 1.61. The van der Waals surface area contributed by atoms with Gasteiger partial charge in [-0.1, -0.05) is 25.9 Å². The van der Waals surface area contributed by atoms with E-state index in [0.29, 0.717) is 10.9 Å². The topological polar surface area (TPSA) is 77.2 Å². The molecule has 0 unspecified atom stereocenters. The molecule has 1 N–H and O–H groups in total. The van der Waals surface area contributed by atoms with Crippen molar-refractivity contribution in [3.05, 3.63) is 47.1 Å². The molecular weight excluding hydrogens is 338 g/mol. The van der Waals surface area contributed by atoms with E-state index < -0.39 is 0 Å². The summed E-state index contributed by atoms with van der Waals surface area (Å²) in [6.45, 7) is 6.23. The first-order valence-electron chi connectivity index (χ1n) is 7.75. The van der Waals surface area contributed by atoms with Crippen LogP contribution in [0.4, 0.5) is 5.13 Å². The summed E-state index contributed by atoms with van der Waals surface area (Å²) in [6, 6.07) is 8.94. The first-order valence-corrected chi connectivity index (χ1v) is 8.63. The highest BCUT2D eigenvalue weighted by atomic mass is 32.1. The molecule has 0 radical (unpaired) electrons. The maximum absolute atomic E-state index is 12.3. The Bertz CT molecular complexity index is 876. The molecule has 1 aromatic carbocycles. The van der Waals surface area contributed by atoms with Gasteiger partial charge in [0.1, 0.15) is 5.75 Å². The Hall–Kier alpha value is -2.67. The van der Waals surface area contributed by atoms with Crippen molar-refractivity contribution in [2.45, 2.75) is 26.2 Å². The lowest BCUT2D eigenvalue weighted by molar-refractivity contribution is 0.101. The zero-order valence-electron chi connectivity index (χ0n) is 14.5. The largest absolute Gasteiger partial charge is 0.497 e. The van der Waals surface area contributed by atoms with E-state index in [1.807, 2.05) is 29.6 Å². The SMILES string of the molecule is COc1ccc(-c2cc(C(=O)Nc3nc(C(C)(C)C)cs3)no2)cc1. The maximum atomic E-state index is 12.3. The lowest BCUT2D eigenvalue weighted by atomic mass is 9.93. The molecule has 130 valence electrons. The second-order valence-corrected chi connectivity index (χ2v) is 7.41. The van der Waals surface area contributed by atoms with Gasteiger partial charge in [-0.3, -0.25) is 10.1 Å². The van der Waals surface area contributed by atoms with Gasteiger partial charge in [0.15, 0.2) is 16.6 Å². The van der Waals surface area contributed by atoms with Crippen LogP contribution in [-0.4, -0.2) is 23.2 Å². The van der Waals surface area contributed by atoms with Gasteiger partial charge in [-0.15, -0.1) is 11.3 Å². The van der Waals surface area contributed by atoms with Crippen LogP contribution in [0.1, 0.15) is 37.0 Å². The van der Waals surface area contributed by atoms with Crippen LogP contribution in [0.15, 0.2) is 40.2 Å². The Balaban J connectivity index is 1.73. The van der Waals surface area contributed by atoms with Crippen LogP contribution < -0.4 is 10.1 Å². The third-order valence-corrected chi connectivity index (χ3v) is 4.37. The van der Waals surface area contributed by atoms with Gasteiger partial charge < -0.3 is 9.26 Å². The minimum Gasteiger partial charge on any atom is -0.497 e. The first kappa shape index (κ1) is 17.2. The molecule has 6 nitrogen and oxygen atoms in total. The van der Waals surface area contributed by atoms with Gasteiger partial charge in [0.05, 0.1) is 12.8 Å². The molecule has 0 aliphatic heterocycles. The minimum absolute atomic E-state index is 0.0606. The first-order chi connectivity index (χ1) is 11.9. The van der Waals surface area contributed by atoms with Gasteiger partial charge in [-0.2, -0.15) is 0 Å². The van der Waals surface area contributed by atoms with Crippen LogP contribution in [0, 0.1) is 0 Å². The van der Waals surface area contributed by atoms with Crippen molar-refractivity contribution < 1.29 is 14.1 Å². The van der Waals surface area contributed by atoms with E-state index in [1.165, 1.54) is 11.3 Å². The number of nitrogens with one attached hydrogen (secondary N) is 1. The van der Waals surface area contributed by atoms with E-state index in [-0.39, 0.29) is 17.0 Å². The summed E-state index contributed by atoms with van der Waals surface area (Å²) in [5, 5.41) is 9.10. The van der Waals surface area contributed by atoms with E-state index in [2.05, 4.69) is 36.2 Å². The molecule has 0 spiro atoms. The summed E-state index contributed by atoms with van der Waals surface area (Å²) >= 11 is 1.39. The van der Waals surface area contributed by atoms with Crippen molar-refractivity contribution in [1.82, 2.24) is 10.1 Å². The van der Waals surface area contributed by atoms with Crippen molar-refractivity contribution in [1.29, 1.82) is 0 Å². The van der Waals surface area contributed by atoms with E-state index in [4.69, 9.17) is 9.26 Å². The number of hydrogen-bond acceptors (Lipinski definition) is 6. The highest BCUT2D eigenvalue weighted by Gasteiger charge is 2.19. The number of anilines is 1. The minimum atomic E-state index is -0.349. The van der Waals surface area contributed by atoms with E-state index in [1.54, 1.807) is 13.2 Å². The molecule has 0 atom stereocenters. The van der Waals surface area contributed by atoms with E-state index in [0.717, 1.165) is 17.0 Å². The number of methoxy groups -OCH3 is 1. The van der Waals surface area contributed by atoms with Crippen LogP contribution >= 0.6 is 11.3 Å². The van der Waals surface area contributed by atoms with Gasteiger partial charge in [-0.05, 0) is 24.3 Å². The van der Waals surface area contributed by atoms with Gasteiger partial charge in [0.25, 0.3) is 5.91 Å². The summed E-state index contributed by atoms with van der Waals surface area (Å²) in [5.41, 5.74) is 1.90. The zero-order chi connectivity index (χ0) is 18.0. The number of aromatic nitrogens is 2. The Labute approximate surface area is 149 Å². The summed E-state index contributed by atoms with van der Waals surface area (Å²) in [6.07, 6.45) is 0. The Morgan fingerprint density at radius 1 is 1.24 bits per heavy atom. The Morgan fingerprint density at radius 2 is 1.96 bits per heavy atom. The second-order valence-electron chi connectivity index (χ2n) is 6.55. The van der Waals surface area contributed by atoms with Crippen molar-refractivity contribution >= 4 is 22.4 Å². The lowest BCUT2D eigenvalue weighted by Gasteiger charge is -2.14. The predicted octanol–water partition coefficient (Wildman–Crippen LogP) is 4.36. The molecule has 0 saturated carbocycles. The standard InChI is InChI=1S/C18H19N3O3S/c1-18(2,3)15-10-25-17(19-15)20-16(22)13-9-14(24-21-13)11-5-7-12(23-4)8-6-11/h5-10H,1-4H3,(H,19,20,22). The van der Waals surface area contributed by atoms with Crippen LogP contribution in [0.5, 0.6) is 5.75 Å². The van der Waals surface area contributed by atoms with E-state index >= 15 is 0 Å². The van der Waals surface area contributed by atoms with Crippen LogP contribution in [0.3, 0.4) is 0 Å². The van der Waals surface area contributed by atoms with Gasteiger partial charge in [-0.25, -0.2) is 4.98 Å². The highest BCUT2D eigenvalue weighted by molar-refractivity contribution is 7.14. The molecular formula is C18H19N3O3S. The number of carbonyl (C=O) groups is 1. The number of hydrogen-bond donors (Lipinski definition) is 1. The number of amides is 1. The lowest BCUT2D eigenvalue weighted by Crippen LogP contribution is -2.14. The zero-order valence-corrected chi connectivity index (χ0v) is 15.3. The molecule has 1 amide bonds. The van der Waals surface area contributed by atoms with Crippen molar-refractivity contribution in [2.75, 3.05) is 12.4 Å². The Morgan fingerprint density at radius 3 is 2.56 bits per heavy atom. The quantitative estimate of drug-likeness (QED) is 0.751. The summed E-state index contributed by atoms with van der Waals surface area (Å²) in [4.78, 5) is 16.8. The number of carbonyl (C=O) groups excluding carboxylic acids is 1. The summed E-state index contributed by atoms with van der Waals surface area (Å²) < 4.78 is 10.4. The number of ether oxygens (including phenoxy) is 1. The highest BCUT2D eigenvalue weighted by Crippen LogP contribution is 2.27. The fourth-order valence-electron chi connectivity index (χ4n) is 2.11. The molecule has 25 heavy (non-hydrogen) atoms. The molecule has 0 fully saturated rings. The average molecular weight is 357 g/mol. The fraction of sp³-hybridized carbons (Fsp3) is 0.278. The van der Waals surface area contributed by atoms with Crippen molar-refractivity contribution in [3.63, 3.8) is 0 Å². The van der Waals surface area contributed by atoms with Gasteiger partial charge in [0.2, 0.25) is 0 Å². The van der Waals surface area contributed by atoms with Crippen molar-refractivity contribution in [3.8, 4) is 17.1 Å². The van der Waals surface area contributed by atoms with Crippen molar-refractivity contribution in [2.24, 2.45) is 0 Å². The van der Waals surface area contributed by atoms with Crippen LogP contribution in [-0.2, 0) is 5.41 Å². The smallest absolute Gasteiger partial charge is 0.279 e. The van der Waals surface area contributed by atoms with Gasteiger partial charge in [0, 0.05) is 22.4 Å². The van der Waals surface area contributed by atoms with Crippen LogP contribution in [0.25, 0.3) is 11.3 Å². The van der Waals surface area contributed by atoms with E-state index in [9.17, 15) is 4.79 Å². The molecule has 2 heterocycles. The fourth-order valence-corrected chi connectivity index (χ4v) is 3.04. The molecule has 0 aliphatic carbocycles. The second kappa shape index (κ2) is 6.68. The number of nitrogens with zero attached hydrogens (tertiary/aromatic N) is 2. The van der Waals surface area contributed by atoms with Gasteiger partial charge >= 0.3 is 0 Å². The molecule has 0 aliphatic rings. The summed E-state index contributed by atoms with van der Waals surface area (Å²) in [5.74, 6) is 0.917. The average Bonchev–Trinajstić information content (AvgIpc) is 3.24. The monoisotopic (exact) mass is 357 g/mol. The predicted molar refractivity (Wildman–Crippen MR) is 97.3 cm³/mol. The molecule has 0 bridgehead atoms. The molecule has 7 heteroatoms. The number of rotatable bonds is 4. The molecule has 2 aromatic heterocycles. The number of thiazole rings is 1. The molecule has 3 rings (SSSR count). The third-order valence-electron chi connectivity index (χ3n) is 3.61. The molecule has 3 aromatic rings. The third kappa shape index (κ3) is 3.88. The number of benzene rings is 1.